The van der Waals surface area contributed by atoms with Crippen molar-refractivity contribution in [2.24, 2.45) is 0 Å². The molecule has 21 heavy (non-hydrogen) atoms. The normalized spacial score (nSPS) is 11.1. The van der Waals surface area contributed by atoms with Crippen molar-refractivity contribution in [3.8, 4) is 0 Å². The second-order valence-corrected chi connectivity index (χ2v) is 6.03. The molecule has 0 heterocycles. The minimum absolute atomic E-state index is 0.125. The first-order valence-electron chi connectivity index (χ1n) is 6.49. The highest BCUT2D eigenvalue weighted by molar-refractivity contribution is 7.89. The number of carbonyl (C=O) groups is 1. The van der Waals surface area contributed by atoms with Crippen LogP contribution in [0.2, 0.25) is 0 Å². The van der Waals surface area contributed by atoms with E-state index in [9.17, 15) is 13.2 Å². The van der Waals surface area contributed by atoms with Crippen molar-refractivity contribution in [2.75, 3.05) is 26.8 Å². The maximum Gasteiger partial charge on any atom is 0.251 e. The summed E-state index contributed by atoms with van der Waals surface area (Å²) in [6.45, 7) is 4.66. The molecule has 0 aliphatic carbocycles. The van der Waals surface area contributed by atoms with Crippen molar-refractivity contribution in [2.45, 2.75) is 11.3 Å². The zero-order valence-electron chi connectivity index (χ0n) is 12.0. The van der Waals surface area contributed by atoms with Crippen molar-refractivity contribution >= 4 is 15.9 Å². The third kappa shape index (κ3) is 5.66. The molecule has 0 bridgehead atoms. The highest BCUT2D eigenvalue weighted by Gasteiger charge is 2.14. The summed E-state index contributed by atoms with van der Waals surface area (Å²) >= 11 is 0. The highest BCUT2D eigenvalue weighted by Crippen LogP contribution is 2.10. The van der Waals surface area contributed by atoms with E-state index in [1.165, 1.54) is 24.3 Å². The van der Waals surface area contributed by atoms with Gasteiger partial charge in [-0.3, -0.25) is 4.79 Å². The number of carbonyl (C=O) groups excluding carboxylic acids is 1. The molecule has 116 valence electrons. The summed E-state index contributed by atoms with van der Waals surface area (Å²) in [5.41, 5.74) is 0.398. The van der Waals surface area contributed by atoms with E-state index in [0.717, 1.165) is 0 Å². The van der Waals surface area contributed by atoms with Crippen LogP contribution in [0.4, 0.5) is 0 Å². The Morgan fingerprint density at radius 1 is 1.33 bits per heavy atom. The number of rotatable bonds is 9. The van der Waals surface area contributed by atoms with E-state index in [2.05, 4.69) is 16.6 Å². The predicted octanol–water partition coefficient (Wildman–Crippen LogP) is 0.917. The third-order valence-electron chi connectivity index (χ3n) is 2.65. The number of benzene rings is 1. The Morgan fingerprint density at radius 2 is 2.00 bits per heavy atom. The van der Waals surface area contributed by atoms with Gasteiger partial charge in [0, 0.05) is 32.4 Å². The summed E-state index contributed by atoms with van der Waals surface area (Å²) < 4.78 is 31.3. The second kappa shape index (κ2) is 8.56. The molecule has 1 aromatic rings. The van der Waals surface area contributed by atoms with Gasteiger partial charge in [-0.1, -0.05) is 6.08 Å². The van der Waals surface area contributed by atoms with Crippen LogP contribution in [0.5, 0.6) is 0 Å². The second-order valence-electron chi connectivity index (χ2n) is 4.27. The van der Waals surface area contributed by atoms with Crippen LogP contribution in [0.25, 0.3) is 0 Å². The SMILES string of the molecule is C=CCNC(=O)c1ccc(S(=O)(=O)NCCCOC)cc1. The van der Waals surface area contributed by atoms with Crippen molar-refractivity contribution < 1.29 is 17.9 Å². The van der Waals surface area contributed by atoms with Gasteiger partial charge in [0.15, 0.2) is 0 Å². The van der Waals surface area contributed by atoms with Gasteiger partial charge in [0.1, 0.15) is 0 Å². The van der Waals surface area contributed by atoms with Gasteiger partial charge in [0.25, 0.3) is 5.91 Å². The molecule has 0 fully saturated rings. The fraction of sp³-hybridized carbons (Fsp3) is 0.357. The monoisotopic (exact) mass is 312 g/mol. The maximum absolute atomic E-state index is 12.0. The molecule has 6 nitrogen and oxygen atoms in total. The summed E-state index contributed by atoms with van der Waals surface area (Å²) in [4.78, 5) is 11.8. The van der Waals surface area contributed by atoms with Crippen LogP contribution in [-0.4, -0.2) is 41.1 Å². The molecular weight excluding hydrogens is 292 g/mol. The Labute approximate surface area is 125 Å². The van der Waals surface area contributed by atoms with Gasteiger partial charge in [-0.05, 0) is 30.7 Å². The van der Waals surface area contributed by atoms with Crippen molar-refractivity contribution in [3.63, 3.8) is 0 Å². The van der Waals surface area contributed by atoms with E-state index in [4.69, 9.17) is 4.74 Å². The number of ether oxygens (including phenoxy) is 1. The lowest BCUT2D eigenvalue weighted by atomic mass is 10.2. The van der Waals surface area contributed by atoms with Gasteiger partial charge >= 0.3 is 0 Å². The van der Waals surface area contributed by atoms with Crippen LogP contribution in [0, 0.1) is 0 Å². The molecular formula is C14H20N2O4S. The minimum Gasteiger partial charge on any atom is -0.385 e. The molecule has 7 heteroatoms. The van der Waals surface area contributed by atoms with Crippen molar-refractivity contribution in [3.05, 3.63) is 42.5 Å². The lowest BCUT2D eigenvalue weighted by Gasteiger charge is -2.07. The number of sulfonamides is 1. The molecule has 0 aliphatic heterocycles. The molecule has 0 atom stereocenters. The van der Waals surface area contributed by atoms with Gasteiger partial charge in [0.2, 0.25) is 10.0 Å². The lowest BCUT2D eigenvalue weighted by Crippen LogP contribution is -2.26. The van der Waals surface area contributed by atoms with Crippen LogP contribution < -0.4 is 10.0 Å². The first-order valence-corrected chi connectivity index (χ1v) is 7.97. The quantitative estimate of drug-likeness (QED) is 0.524. The summed E-state index contributed by atoms with van der Waals surface area (Å²) in [7, 11) is -1.99. The van der Waals surface area contributed by atoms with Crippen LogP contribution >= 0.6 is 0 Å². The number of methoxy groups -OCH3 is 1. The molecule has 1 rings (SSSR count). The molecule has 0 saturated heterocycles. The van der Waals surface area contributed by atoms with Crippen molar-refractivity contribution in [1.82, 2.24) is 10.0 Å². The fourth-order valence-electron chi connectivity index (χ4n) is 1.56. The summed E-state index contributed by atoms with van der Waals surface area (Å²) in [5, 5.41) is 2.62. The van der Waals surface area contributed by atoms with Crippen LogP contribution in [0.15, 0.2) is 41.8 Å². The Morgan fingerprint density at radius 3 is 2.57 bits per heavy atom. The topological polar surface area (TPSA) is 84.5 Å². The zero-order chi connectivity index (χ0) is 15.7. The van der Waals surface area contributed by atoms with E-state index in [-0.39, 0.29) is 10.8 Å². The Bertz CT molecular complexity index is 567. The first kappa shape index (κ1) is 17.4. The van der Waals surface area contributed by atoms with Gasteiger partial charge < -0.3 is 10.1 Å². The van der Waals surface area contributed by atoms with Crippen molar-refractivity contribution in [1.29, 1.82) is 0 Å². The Hall–Kier alpha value is -1.70. The van der Waals surface area contributed by atoms with E-state index in [1.54, 1.807) is 13.2 Å². The smallest absolute Gasteiger partial charge is 0.251 e. The minimum atomic E-state index is -3.55. The maximum atomic E-state index is 12.0. The summed E-state index contributed by atoms with van der Waals surface area (Å²) in [6.07, 6.45) is 2.17. The first-order chi connectivity index (χ1) is 10.0. The highest BCUT2D eigenvalue weighted by atomic mass is 32.2. The molecule has 0 unspecified atom stereocenters. The van der Waals surface area contributed by atoms with E-state index in [1.807, 2.05) is 0 Å². The fourth-order valence-corrected chi connectivity index (χ4v) is 2.63. The number of amides is 1. The Kier molecular flexibility index (Phi) is 7.07. The van der Waals surface area contributed by atoms with Crippen LogP contribution in [-0.2, 0) is 14.8 Å². The average molecular weight is 312 g/mol. The third-order valence-corrected chi connectivity index (χ3v) is 4.13. The molecule has 1 aromatic carbocycles. The van der Waals surface area contributed by atoms with Gasteiger partial charge in [-0.25, -0.2) is 13.1 Å². The lowest BCUT2D eigenvalue weighted by molar-refractivity contribution is 0.0958. The molecule has 1 amide bonds. The van der Waals surface area contributed by atoms with Crippen LogP contribution in [0.3, 0.4) is 0 Å². The Balaban J connectivity index is 2.68. The summed E-state index contributed by atoms with van der Waals surface area (Å²) in [6, 6.07) is 5.76. The van der Waals surface area contributed by atoms with Gasteiger partial charge in [-0.2, -0.15) is 0 Å². The zero-order valence-corrected chi connectivity index (χ0v) is 12.8. The van der Waals surface area contributed by atoms with E-state index < -0.39 is 10.0 Å². The molecule has 0 aliphatic rings. The van der Waals surface area contributed by atoms with Gasteiger partial charge in [0.05, 0.1) is 4.90 Å². The average Bonchev–Trinajstić information content (AvgIpc) is 2.49. The number of hydrogen-bond acceptors (Lipinski definition) is 4. The van der Waals surface area contributed by atoms with Crippen LogP contribution in [0.1, 0.15) is 16.8 Å². The predicted molar refractivity (Wildman–Crippen MR) is 80.7 cm³/mol. The number of nitrogens with one attached hydrogen (secondary N) is 2. The van der Waals surface area contributed by atoms with Gasteiger partial charge in [-0.15, -0.1) is 6.58 Å². The van der Waals surface area contributed by atoms with E-state index in [0.29, 0.717) is 31.7 Å². The molecule has 0 radical (unpaired) electrons. The molecule has 2 N–H and O–H groups in total. The summed E-state index contributed by atoms with van der Waals surface area (Å²) in [5.74, 6) is -0.271. The largest absolute Gasteiger partial charge is 0.385 e. The van der Waals surface area contributed by atoms with E-state index >= 15 is 0 Å². The molecule has 0 aromatic heterocycles. The molecule has 0 saturated carbocycles. The standard InChI is InChI=1S/C14H20N2O4S/c1-3-9-15-14(17)12-5-7-13(8-6-12)21(18,19)16-10-4-11-20-2/h3,5-8,16H,1,4,9-11H2,2H3,(H,15,17). The number of hydrogen-bond donors (Lipinski definition) is 2. The molecule has 0 spiro atoms.